The van der Waals surface area contributed by atoms with E-state index in [1.54, 1.807) is 12.4 Å². The number of H-pyrrole nitrogens is 1. The van der Waals surface area contributed by atoms with E-state index in [0.29, 0.717) is 12.3 Å². The molecule has 2 heterocycles. The Hall–Kier alpha value is -1.70. The Bertz CT molecular complexity index is 480. The second-order valence-corrected chi connectivity index (χ2v) is 6.04. The fourth-order valence-corrected chi connectivity index (χ4v) is 3.66. The molecule has 0 bridgehead atoms. The van der Waals surface area contributed by atoms with E-state index in [1.807, 2.05) is 6.92 Å². The number of nitrogens with one attached hydrogen (secondary N) is 2. The predicted octanol–water partition coefficient (Wildman–Crippen LogP) is 1.29. The summed E-state index contributed by atoms with van der Waals surface area (Å²) in [6, 6.07) is -1.02. The van der Waals surface area contributed by atoms with Crippen molar-refractivity contribution in [2.75, 3.05) is 12.3 Å². The summed E-state index contributed by atoms with van der Waals surface area (Å²) in [7, 11) is 0. The number of amides is 2. The Balaban J connectivity index is 1.81. The van der Waals surface area contributed by atoms with Crippen molar-refractivity contribution in [1.82, 2.24) is 20.2 Å². The summed E-state index contributed by atoms with van der Waals surface area (Å²) in [4.78, 5) is 32.0. The molecule has 1 aliphatic heterocycles. The molecular formula is C13H20N4O3S. The molecule has 0 aromatic carbocycles. The SMILES string of the molecule is CCC1SCC(C(=O)O)N1C(=O)NCCCc1ncc[nH]1. The molecule has 0 radical (unpaired) electrons. The molecule has 2 rings (SSSR count). The normalized spacial score (nSPS) is 21.5. The maximum absolute atomic E-state index is 12.2. The Morgan fingerprint density at radius 1 is 1.62 bits per heavy atom. The number of carbonyl (C=O) groups excluding carboxylic acids is 1. The van der Waals surface area contributed by atoms with Crippen LogP contribution in [-0.4, -0.2) is 55.7 Å². The summed E-state index contributed by atoms with van der Waals surface area (Å²) < 4.78 is 0. The van der Waals surface area contributed by atoms with E-state index in [0.717, 1.165) is 25.1 Å². The van der Waals surface area contributed by atoms with E-state index in [9.17, 15) is 14.7 Å². The largest absolute Gasteiger partial charge is 0.480 e. The van der Waals surface area contributed by atoms with Gasteiger partial charge in [0, 0.05) is 31.1 Å². The standard InChI is InChI=1S/C13H20N4O3S/c1-2-11-17(9(8-21-11)12(18)19)13(20)16-5-3-4-10-14-6-7-15-10/h6-7,9,11H,2-5,8H2,1H3,(H,14,15)(H,16,20)(H,18,19). The number of carboxylic acid groups (broad SMARTS) is 1. The van der Waals surface area contributed by atoms with E-state index >= 15 is 0 Å². The monoisotopic (exact) mass is 312 g/mol. The van der Waals surface area contributed by atoms with Crippen molar-refractivity contribution in [1.29, 1.82) is 0 Å². The van der Waals surface area contributed by atoms with Gasteiger partial charge in [-0.3, -0.25) is 4.90 Å². The van der Waals surface area contributed by atoms with E-state index in [-0.39, 0.29) is 11.4 Å². The number of aliphatic carboxylic acids is 1. The molecule has 8 heteroatoms. The number of aryl methyl sites for hydroxylation is 1. The zero-order chi connectivity index (χ0) is 15.2. The number of carbonyl (C=O) groups is 2. The first-order valence-electron chi connectivity index (χ1n) is 7.02. The molecule has 0 aliphatic carbocycles. The molecule has 21 heavy (non-hydrogen) atoms. The fraction of sp³-hybridized carbons (Fsp3) is 0.615. The van der Waals surface area contributed by atoms with Gasteiger partial charge in [-0.25, -0.2) is 14.6 Å². The maximum atomic E-state index is 12.2. The van der Waals surface area contributed by atoms with Crippen molar-refractivity contribution in [3.05, 3.63) is 18.2 Å². The lowest BCUT2D eigenvalue weighted by atomic mass is 10.2. The van der Waals surface area contributed by atoms with Crippen LogP contribution in [0.4, 0.5) is 4.79 Å². The third-order valence-electron chi connectivity index (χ3n) is 3.38. The Labute approximate surface area is 127 Å². The molecule has 2 amide bonds. The number of rotatable bonds is 6. The third-order valence-corrected chi connectivity index (χ3v) is 4.84. The van der Waals surface area contributed by atoms with Gasteiger partial charge in [-0.05, 0) is 12.8 Å². The summed E-state index contributed by atoms with van der Waals surface area (Å²) in [5, 5.41) is 11.9. The lowest BCUT2D eigenvalue weighted by Crippen LogP contribution is -2.50. The highest BCUT2D eigenvalue weighted by Gasteiger charge is 2.40. The lowest BCUT2D eigenvalue weighted by Gasteiger charge is -2.26. The van der Waals surface area contributed by atoms with E-state index in [4.69, 9.17) is 0 Å². The molecule has 0 saturated carbocycles. The molecule has 2 atom stereocenters. The minimum atomic E-state index is -0.941. The van der Waals surface area contributed by atoms with Gasteiger partial charge >= 0.3 is 12.0 Å². The van der Waals surface area contributed by atoms with Crippen molar-refractivity contribution >= 4 is 23.8 Å². The van der Waals surface area contributed by atoms with E-state index in [1.165, 1.54) is 16.7 Å². The van der Waals surface area contributed by atoms with E-state index in [2.05, 4.69) is 15.3 Å². The Morgan fingerprint density at radius 2 is 2.43 bits per heavy atom. The quantitative estimate of drug-likeness (QED) is 0.688. The van der Waals surface area contributed by atoms with Crippen LogP contribution in [0.5, 0.6) is 0 Å². The van der Waals surface area contributed by atoms with Crippen LogP contribution >= 0.6 is 11.8 Å². The number of aromatic amines is 1. The molecule has 3 N–H and O–H groups in total. The van der Waals surface area contributed by atoms with Gasteiger partial charge in [-0.2, -0.15) is 0 Å². The van der Waals surface area contributed by atoms with Crippen LogP contribution in [0.3, 0.4) is 0 Å². The number of aromatic nitrogens is 2. The number of urea groups is 1. The smallest absolute Gasteiger partial charge is 0.327 e. The van der Waals surface area contributed by atoms with Gasteiger partial charge in [0.1, 0.15) is 11.9 Å². The molecule has 0 spiro atoms. The Kier molecular flexibility index (Phi) is 5.49. The van der Waals surface area contributed by atoms with Gasteiger partial charge < -0.3 is 15.4 Å². The van der Waals surface area contributed by atoms with Crippen molar-refractivity contribution in [2.24, 2.45) is 0 Å². The number of hydrogen-bond donors (Lipinski definition) is 3. The van der Waals surface area contributed by atoms with Crippen LogP contribution in [0.25, 0.3) is 0 Å². The Morgan fingerprint density at radius 3 is 3.05 bits per heavy atom. The molecule has 1 aromatic rings. The predicted molar refractivity (Wildman–Crippen MR) is 80.1 cm³/mol. The van der Waals surface area contributed by atoms with Gasteiger partial charge in [0.25, 0.3) is 0 Å². The molecule has 116 valence electrons. The van der Waals surface area contributed by atoms with Gasteiger partial charge in [-0.15, -0.1) is 11.8 Å². The van der Waals surface area contributed by atoms with Gasteiger partial charge in [0.05, 0.1) is 5.37 Å². The topological polar surface area (TPSA) is 98.3 Å². The van der Waals surface area contributed by atoms with Crippen molar-refractivity contribution < 1.29 is 14.7 Å². The lowest BCUT2D eigenvalue weighted by molar-refractivity contribution is -0.141. The molecule has 7 nitrogen and oxygen atoms in total. The molecule has 1 fully saturated rings. The number of thioether (sulfide) groups is 1. The first-order chi connectivity index (χ1) is 10.1. The summed E-state index contributed by atoms with van der Waals surface area (Å²) in [5.41, 5.74) is 0. The zero-order valence-electron chi connectivity index (χ0n) is 11.9. The highest BCUT2D eigenvalue weighted by molar-refractivity contribution is 8.00. The van der Waals surface area contributed by atoms with Crippen LogP contribution in [0.2, 0.25) is 0 Å². The highest BCUT2D eigenvalue weighted by atomic mass is 32.2. The number of carboxylic acids is 1. The first kappa shape index (κ1) is 15.7. The summed E-state index contributed by atoms with van der Waals surface area (Å²) in [6.45, 7) is 2.46. The van der Waals surface area contributed by atoms with E-state index < -0.39 is 12.0 Å². The second kappa shape index (κ2) is 7.35. The highest BCUT2D eigenvalue weighted by Crippen LogP contribution is 2.31. The number of imidazole rings is 1. The average molecular weight is 312 g/mol. The molecule has 2 unspecified atom stereocenters. The minimum Gasteiger partial charge on any atom is -0.480 e. The van der Waals surface area contributed by atoms with Crippen molar-refractivity contribution in [3.8, 4) is 0 Å². The van der Waals surface area contributed by atoms with Gasteiger partial charge in [0.2, 0.25) is 0 Å². The van der Waals surface area contributed by atoms with Crippen molar-refractivity contribution in [2.45, 2.75) is 37.6 Å². The fourth-order valence-electron chi connectivity index (χ4n) is 2.32. The second-order valence-electron chi connectivity index (χ2n) is 4.83. The molecular weight excluding hydrogens is 292 g/mol. The van der Waals surface area contributed by atoms with Crippen LogP contribution in [-0.2, 0) is 11.2 Å². The van der Waals surface area contributed by atoms with Gasteiger partial charge in [0.15, 0.2) is 0 Å². The molecule has 1 saturated heterocycles. The third kappa shape index (κ3) is 3.90. The molecule has 1 aromatic heterocycles. The van der Waals surface area contributed by atoms with Gasteiger partial charge in [-0.1, -0.05) is 6.92 Å². The minimum absolute atomic E-state index is 0.0591. The van der Waals surface area contributed by atoms with Crippen LogP contribution in [0.15, 0.2) is 12.4 Å². The first-order valence-corrected chi connectivity index (χ1v) is 8.07. The number of nitrogens with zero attached hydrogens (tertiary/aromatic N) is 2. The average Bonchev–Trinajstić information content (AvgIpc) is 3.11. The molecule has 1 aliphatic rings. The zero-order valence-corrected chi connectivity index (χ0v) is 12.7. The van der Waals surface area contributed by atoms with Crippen LogP contribution in [0, 0.1) is 0 Å². The summed E-state index contributed by atoms with van der Waals surface area (Å²) in [5.74, 6) is 0.396. The maximum Gasteiger partial charge on any atom is 0.327 e. The number of hydrogen-bond acceptors (Lipinski definition) is 4. The van der Waals surface area contributed by atoms with Crippen molar-refractivity contribution in [3.63, 3.8) is 0 Å². The van der Waals surface area contributed by atoms with Crippen LogP contribution in [0.1, 0.15) is 25.6 Å². The summed E-state index contributed by atoms with van der Waals surface area (Å²) >= 11 is 1.52. The van der Waals surface area contributed by atoms with Crippen LogP contribution < -0.4 is 5.32 Å². The summed E-state index contributed by atoms with van der Waals surface area (Å²) in [6.07, 6.45) is 5.71.